The molecular weight excluding hydrogens is 266 g/mol. The van der Waals surface area contributed by atoms with E-state index in [1.54, 1.807) is 6.20 Å². The fraction of sp³-hybridized carbons (Fsp3) is 0.455. The molecule has 8 heteroatoms. The van der Waals surface area contributed by atoms with Crippen LogP contribution in [0.4, 0.5) is 11.9 Å². The Labute approximate surface area is 116 Å². The first-order valence-electron chi connectivity index (χ1n) is 6.03. The lowest BCUT2D eigenvalue weighted by Crippen LogP contribution is -2.25. The monoisotopic (exact) mass is 281 g/mol. The van der Waals surface area contributed by atoms with Crippen molar-refractivity contribution in [2.45, 2.75) is 20.8 Å². The summed E-state index contributed by atoms with van der Waals surface area (Å²) in [6.45, 7) is 7.45. The van der Waals surface area contributed by atoms with E-state index < -0.39 is 0 Å². The zero-order chi connectivity index (χ0) is 14.0. The molecule has 0 spiro atoms. The van der Waals surface area contributed by atoms with Crippen molar-refractivity contribution in [2.75, 3.05) is 23.7 Å². The van der Waals surface area contributed by atoms with Crippen molar-refractivity contribution in [3.05, 3.63) is 16.9 Å². The Hall–Kier alpha value is -1.89. The maximum Gasteiger partial charge on any atom is 0.257 e. The Morgan fingerprint density at radius 1 is 1.26 bits per heavy atom. The van der Waals surface area contributed by atoms with Crippen molar-refractivity contribution in [2.24, 2.45) is 0 Å². The predicted octanol–water partition coefficient (Wildman–Crippen LogP) is 1.45. The van der Waals surface area contributed by atoms with Gasteiger partial charge in [0, 0.05) is 13.1 Å². The van der Waals surface area contributed by atoms with Crippen molar-refractivity contribution in [1.82, 2.24) is 24.7 Å². The van der Waals surface area contributed by atoms with Gasteiger partial charge in [-0.2, -0.15) is 20.1 Å². The number of rotatable bonds is 4. The van der Waals surface area contributed by atoms with E-state index in [-0.39, 0.29) is 5.95 Å². The highest BCUT2D eigenvalue weighted by molar-refractivity contribution is 6.31. The third kappa shape index (κ3) is 2.76. The average molecular weight is 282 g/mol. The van der Waals surface area contributed by atoms with Gasteiger partial charge in [-0.1, -0.05) is 11.6 Å². The Kier molecular flexibility index (Phi) is 3.84. The number of nitrogen functional groups attached to an aromatic ring is 1. The van der Waals surface area contributed by atoms with Crippen LogP contribution in [0.1, 0.15) is 19.5 Å². The van der Waals surface area contributed by atoms with E-state index in [1.165, 1.54) is 4.68 Å². The van der Waals surface area contributed by atoms with Crippen molar-refractivity contribution in [1.29, 1.82) is 0 Å². The number of halogens is 1. The highest BCUT2D eigenvalue weighted by atomic mass is 35.5. The van der Waals surface area contributed by atoms with E-state index in [0.29, 0.717) is 22.6 Å². The van der Waals surface area contributed by atoms with Crippen LogP contribution < -0.4 is 10.6 Å². The first kappa shape index (κ1) is 13.5. The topological polar surface area (TPSA) is 85.8 Å². The number of aryl methyl sites for hydroxylation is 1. The lowest BCUT2D eigenvalue weighted by atomic mass is 10.5. The van der Waals surface area contributed by atoms with Crippen LogP contribution in [0.2, 0.25) is 5.02 Å². The van der Waals surface area contributed by atoms with Crippen LogP contribution in [-0.4, -0.2) is 37.8 Å². The van der Waals surface area contributed by atoms with Gasteiger partial charge >= 0.3 is 0 Å². The van der Waals surface area contributed by atoms with Gasteiger partial charge in [-0.3, -0.25) is 0 Å². The summed E-state index contributed by atoms with van der Waals surface area (Å²) in [5, 5.41) is 4.79. The van der Waals surface area contributed by atoms with Crippen molar-refractivity contribution >= 4 is 23.5 Å². The summed E-state index contributed by atoms with van der Waals surface area (Å²) in [6.07, 6.45) is 1.65. The van der Waals surface area contributed by atoms with Gasteiger partial charge in [0.2, 0.25) is 11.9 Å². The molecule has 0 aliphatic carbocycles. The Morgan fingerprint density at radius 3 is 2.47 bits per heavy atom. The SMILES string of the molecule is CCN(CC)c1nc(N)nc(-n2cc(Cl)c(C)n2)n1. The molecule has 2 N–H and O–H groups in total. The van der Waals surface area contributed by atoms with Gasteiger partial charge in [-0.05, 0) is 20.8 Å². The lowest BCUT2D eigenvalue weighted by Gasteiger charge is -2.18. The predicted molar refractivity (Wildman–Crippen MR) is 74.7 cm³/mol. The fourth-order valence-corrected chi connectivity index (χ4v) is 1.79. The molecule has 2 aromatic rings. The van der Waals surface area contributed by atoms with Crippen LogP contribution in [0.15, 0.2) is 6.20 Å². The molecule has 0 atom stereocenters. The largest absolute Gasteiger partial charge is 0.368 e. The number of nitrogens with zero attached hydrogens (tertiary/aromatic N) is 6. The summed E-state index contributed by atoms with van der Waals surface area (Å²) < 4.78 is 1.50. The van der Waals surface area contributed by atoms with Gasteiger partial charge < -0.3 is 10.6 Å². The molecule has 0 bridgehead atoms. The lowest BCUT2D eigenvalue weighted by molar-refractivity contribution is 0.759. The third-order valence-corrected chi connectivity index (χ3v) is 3.09. The van der Waals surface area contributed by atoms with Crippen molar-refractivity contribution in [3.63, 3.8) is 0 Å². The second kappa shape index (κ2) is 5.40. The zero-order valence-corrected chi connectivity index (χ0v) is 11.9. The quantitative estimate of drug-likeness (QED) is 0.913. The second-order valence-electron chi connectivity index (χ2n) is 3.97. The maximum absolute atomic E-state index is 5.98. The van der Waals surface area contributed by atoms with Gasteiger partial charge in [0.25, 0.3) is 5.95 Å². The summed E-state index contributed by atoms with van der Waals surface area (Å²) in [6, 6.07) is 0. The molecule has 2 aromatic heterocycles. The van der Waals surface area contributed by atoms with Crippen LogP contribution >= 0.6 is 11.6 Å². The maximum atomic E-state index is 5.98. The number of anilines is 2. The molecule has 0 saturated heterocycles. The minimum absolute atomic E-state index is 0.163. The molecule has 7 nitrogen and oxygen atoms in total. The van der Waals surface area contributed by atoms with Gasteiger partial charge in [-0.15, -0.1) is 0 Å². The van der Waals surface area contributed by atoms with Gasteiger partial charge in [0.1, 0.15) is 0 Å². The number of aromatic nitrogens is 5. The summed E-state index contributed by atoms with van der Waals surface area (Å²) in [7, 11) is 0. The molecule has 0 saturated carbocycles. The first-order chi connectivity index (χ1) is 9.05. The minimum Gasteiger partial charge on any atom is -0.368 e. The van der Waals surface area contributed by atoms with Crippen LogP contribution in [0.5, 0.6) is 0 Å². The Balaban J connectivity index is 2.46. The number of hydrogen-bond acceptors (Lipinski definition) is 6. The number of nitrogens with two attached hydrogens (primary N) is 1. The second-order valence-corrected chi connectivity index (χ2v) is 4.38. The molecule has 0 fully saturated rings. The van der Waals surface area contributed by atoms with Crippen LogP contribution in [0.25, 0.3) is 5.95 Å². The molecule has 0 amide bonds. The number of hydrogen-bond donors (Lipinski definition) is 1. The summed E-state index contributed by atoms with van der Waals surface area (Å²) in [4.78, 5) is 14.6. The Morgan fingerprint density at radius 2 is 1.95 bits per heavy atom. The van der Waals surface area contributed by atoms with E-state index >= 15 is 0 Å². The first-order valence-corrected chi connectivity index (χ1v) is 6.41. The molecule has 2 rings (SSSR count). The van der Waals surface area contributed by atoms with Crippen molar-refractivity contribution in [3.8, 4) is 5.95 Å². The van der Waals surface area contributed by atoms with Crippen molar-refractivity contribution < 1.29 is 0 Å². The van der Waals surface area contributed by atoms with Crippen LogP contribution in [0, 0.1) is 6.92 Å². The Bertz CT molecular complexity index is 557. The normalized spacial score (nSPS) is 10.7. The summed E-state index contributed by atoms with van der Waals surface area (Å²) in [5.41, 5.74) is 6.44. The summed E-state index contributed by atoms with van der Waals surface area (Å²) >= 11 is 5.98. The fourth-order valence-electron chi connectivity index (χ4n) is 1.66. The van der Waals surface area contributed by atoms with Gasteiger partial charge in [0.15, 0.2) is 0 Å². The molecule has 19 heavy (non-hydrogen) atoms. The molecular formula is C11H16ClN7. The van der Waals surface area contributed by atoms with Crippen LogP contribution in [-0.2, 0) is 0 Å². The van der Waals surface area contributed by atoms with Gasteiger partial charge in [0.05, 0.1) is 16.9 Å². The highest BCUT2D eigenvalue weighted by Gasteiger charge is 2.12. The standard InChI is InChI=1S/C11H16ClN7/c1-4-18(5-2)10-14-9(13)15-11(16-10)19-6-8(12)7(3)17-19/h6H,4-5H2,1-3H3,(H2,13,14,15,16). The molecule has 2 heterocycles. The van der Waals surface area contributed by atoms with E-state index in [4.69, 9.17) is 17.3 Å². The highest BCUT2D eigenvalue weighted by Crippen LogP contribution is 2.16. The zero-order valence-electron chi connectivity index (χ0n) is 11.1. The van der Waals surface area contributed by atoms with E-state index in [9.17, 15) is 0 Å². The van der Waals surface area contributed by atoms with E-state index in [0.717, 1.165) is 13.1 Å². The van der Waals surface area contributed by atoms with E-state index in [2.05, 4.69) is 20.1 Å². The minimum atomic E-state index is 0.163. The third-order valence-electron chi connectivity index (χ3n) is 2.72. The molecule has 0 aliphatic heterocycles. The average Bonchev–Trinajstić information content (AvgIpc) is 2.71. The van der Waals surface area contributed by atoms with E-state index in [1.807, 2.05) is 25.7 Å². The molecule has 0 aromatic carbocycles. The molecule has 102 valence electrons. The smallest absolute Gasteiger partial charge is 0.257 e. The molecule has 0 radical (unpaired) electrons. The van der Waals surface area contributed by atoms with Gasteiger partial charge in [-0.25, -0.2) is 4.68 Å². The van der Waals surface area contributed by atoms with Crippen LogP contribution in [0.3, 0.4) is 0 Å². The molecule has 0 unspecified atom stereocenters. The molecule has 0 aliphatic rings. The summed E-state index contributed by atoms with van der Waals surface area (Å²) in [5.74, 6) is 1.07.